The van der Waals surface area contributed by atoms with Crippen molar-refractivity contribution in [1.82, 2.24) is 9.78 Å². The van der Waals surface area contributed by atoms with E-state index in [1.165, 1.54) is 0 Å². The van der Waals surface area contributed by atoms with Crippen LogP contribution in [0.2, 0.25) is 0 Å². The lowest BCUT2D eigenvalue weighted by molar-refractivity contribution is 0.318. The van der Waals surface area contributed by atoms with Gasteiger partial charge in [0.1, 0.15) is 11.6 Å². The van der Waals surface area contributed by atoms with Gasteiger partial charge >= 0.3 is 0 Å². The van der Waals surface area contributed by atoms with Crippen LogP contribution in [0.5, 0.6) is 5.88 Å². The molecule has 1 aliphatic heterocycles. The Hall–Kier alpha value is -3.08. The van der Waals surface area contributed by atoms with Crippen LogP contribution in [-0.2, 0) is 0 Å². The number of allylic oxidation sites excluding steroid dienone is 1. The molecule has 0 spiro atoms. The van der Waals surface area contributed by atoms with Gasteiger partial charge in [0.05, 0.1) is 22.9 Å². The molecule has 1 unspecified atom stereocenters. The third-order valence-corrected chi connectivity index (χ3v) is 5.17. The maximum Gasteiger partial charge on any atom is 0.229 e. The first-order valence-corrected chi connectivity index (χ1v) is 9.90. The average Bonchev–Trinajstić information content (AvgIpc) is 3.05. The Morgan fingerprint density at radius 3 is 2.45 bits per heavy atom. The molecule has 6 nitrogen and oxygen atoms in total. The van der Waals surface area contributed by atoms with Crippen molar-refractivity contribution in [2.45, 2.75) is 19.8 Å². The van der Waals surface area contributed by atoms with Gasteiger partial charge in [0, 0.05) is 11.1 Å². The van der Waals surface area contributed by atoms with Crippen LogP contribution >= 0.6 is 15.9 Å². The van der Waals surface area contributed by atoms with E-state index in [0.717, 1.165) is 27.0 Å². The Balaban J connectivity index is 0.000000755. The van der Waals surface area contributed by atoms with Crippen molar-refractivity contribution in [2.75, 3.05) is 6.61 Å². The second kappa shape index (κ2) is 8.95. The van der Waals surface area contributed by atoms with Crippen molar-refractivity contribution < 1.29 is 9.84 Å². The number of aromatic nitrogens is 2. The SMILES string of the molecule is CCO.Cc1nn(-c2ccccc2)c2c1C(c1ccccc1Br)C(C#N)=C(N)O2. The fraction of sp³-hybridized carbons (Fsp3) is 0.182. The highest BCUT2D eigenvalue weighted by Crippen LogP contribution is 2.46. The molecule has 0 saturated heterocycles. The normalized spacial score (nSPS) is 14.9. The lowest BCUT2D eigenvalue weighted by atomic mass is 9.84. The van der Waals surface area contributed by atoms with E-state index in [-0.39, 0.29) is 18.4 Å². The zero-order chi connectivity index (χ0) is 21.0. The molecule has 0 amide bonds. The number of rotatable bonds is 2. The van der Waals surface area contributed by atoms with Gasteiger partial charge in [-0.2, -0.15) is 10.4 Å². The van der Waals surface area contributed by atoms with Crippen molar-refractivity contribution in [3.63, 3.8) is 0 Å². The summed E-state index contributed by atoms with van der Waals surface area (Å²) in [7, 11) is 0. The van der Waals surface area contributed by atoms with E-state index in [4.69, 9.17) is 15.6 Å². The lowest BCUT2D eigenvalue weighted by Gasteiger charge is -2.25. The maximum absolute atomic E-state index is 9.71. The summed E-state index contributed by atoms with van der Waals surface area (Å²) in [6.07, 6.45) is 0. The standard InChI is InChI=1S/C20H15BrN4O.C2H6O/c1-12-17-18(14-9-5-6-10-16(14)21)15(11-22)19(23)26-20(17)25(24-12)13-7-3-2-4-8-13;1-2-3/h2-10,18H,23H2,1H3;3H,2H2,1H3. The van der Waals surface area contributed by atoms with E-state index < -0.39 is 0 Å². The number of halogens is 1. The first-order valence-electron chi connectivity index (χ1n) is 9.11. The summed E-state index contributed by atoms with van der Waals surface area (Å²) >= 11 is 3.60. The van der Waals surface area contributed by atoms with Gasteiger partial charge in [-0.05, 0) is 37.6 Å². The maximum atomic E-state index is 9.71. The molecule has 7 heteroatoms. The number of benzene rings is 2. The van der Waals surface area contributed by atoms with Crippen LogP contribution < -0.4 is 10.5 Å². The third kappa shape index (κ3) is 3.90. The number of hydrogen-bond donors (Lipinski definition) is 2. The summed E-state index contributed by atoms with van der Waals surface area (Å²) in [6, 6.07) is 19.7. The van der Waals surface area contributed by atoms with Crippen molar-refractivity contribution in [3.05, 3.63) is 87.3 Å². The van der Waals surface area contributed by atoms with E-state index in [1.807, 2.05) is 61.5 Å². The summed E-state index contributed by atoms with van der Waals surface area (Å²) in [5.74, 6) is 0.320. The van der Waals surface area contributed by atoms with E-state index in [1.54, 1.807) is 11.6 Å². The van der Waals surface area contributed by atoms with Crippen LogP contribution in [0.1, 0.15) is 29.7 Å². The summed E-state index contributed by atoms with van der Waals surface area (Å²) in [6.45, 7) is 3.85. The second-order valence-corrected chi connectivity index (χ2v) is 7.17. The van der Waals surface area contributed by atoms with Gasteiger partial charge < -0.3 is 15.6 Å². The number of aliphatic hydroxyl groups excluding tert-OH is 1. The number of nitrogens with zero attached hydrogens (tertiary/aromatic N) is 3. The number of fused-ring (bicyclic) bond motifs is 1. The van der Waals surface area contributed by atoms with Crippen LogP contribution in [0.3, 0.4) is 0 Å². The zero-order valence-corrected chi connectivity index (χ0v) is 17.7. The van der Waals surface area contributed by atoms with Gasteiger partial charge in [-0.25, -0.2) is 4.68 Å². The van der Waals surface area contributed by atoms with Crippen LogP contribution in [0.15, 0.2) is 70.5 Å². The largest absolute Gasteiger partial charge is 0.422 e. The molecule has 2 aromatic carbocycles. The minimum absolute atomic E-state index is 0.109. The Bertz CT molecular complexity index is 1080. The number of aryl methyl sites for hydroxylation is 1. The van der Waals surface area contributed by atoms with Crippen molar-refractivity contribution in [3.8, 4) is 17.6 Å². The molecule has 0 radical (unpaired) electrons. The van der Waals surface area contributed by atoms with Gasteiger partial charge in [-0.3, -0.25) is 0 Å². The average molecular weight is 453 g/mol. The number of nitriles is 1. The highest BCUT2D eigenvalue weighted by Gasteiger charge is 2.36. The molecule has 3 N–H and O–H groups in total. The number of para-hydroxylation sites is 1. The molecular formula is C22H21BrN4O2. The molecule has 0 aliphatic carbocycles. The molecular weight excluding hydrogens is 432 g/mol. The molecule has 3 aromatic rings. The molecule has 1 aromatic heterocycles. The molecule has 0 saturated carbocycles. The minimum atomic E-state index is -0.336. The first-order chi connectivity index (χ1) is 14.0. The van der Waals surface area contributed by atoms with Crippen molar-refractivity contribution in [1.29, 1.82) is 5.26 Å². The zero-order valence-electron chi connectivity index (χ0n) is 16.1. The Morgan fingerprint density at radius 2 is 1.83 bits per heavy atom. The summed E-state index contributed by atoms with van der Waals surface area (Å²) < 4.78 is 8.49. The van der Waals surface area contributed by atoms with Crippen LogP contribution in [0, 0.1) is 18.3 Å². The first kappa shape index (κ1) is 20.6. The van der Waals surface area contributed by atoms with E-state index in [2.05, 4.69) is 27.1 Å². The second-order valence-electron chi connectivity index (χ2n) is 6.31. The van der Waals surface area contributed by atoms with Gasteiger partial charge in [-0.1, -0.05) is 52.3 Å². The fourth-order valence-corrected chi connectivity index (χ4v) is 3.79. The van der Waals surface area contributed by atoms with Gasteiger partial charge in [-0.15, -0.1) is 0 Å². The molecule has 1 aliphatic rings. The molecule has 4 rings (SSSR count). The van der Waals surface area contributed by atoms with E-state index in [0.29, 0.717) is 11.5 Å². The third-order valence-electron chi connectivity index (χ3n) is 4.45. The number of hydrogen-bond acceptors (Lipinski definition) is 5. The Morgan fingerprint density at radius 1 is 1.21 bits per heavy atom. The van der Waals surface area contributed by atoms with Gasteiger partial charge in [0.15, 0.2) is 0 Å². The fourth-order valence-electron chi connectivity index (χ4n) is 3.28. The number of nitrogens with two attached hydrogens (primary N) is 1. The van der Waals surface area contributed by atoms with Gasteiger partial charge in [0.2, 0.25) is 11.8 Å². The van der Waals surface area contributed by atoms with E-state index >= 15 is 0 Å². The Kier molecular flexibility index (Phi) is 6.37. The van der Waals surface area contributed by atoms with Gasteiger partial charge in [0.25, 0.3) is 0 Å². The molecule has 2 heterocycles. The number of aliphatic hydroxyl groups is 1. The lowest BCUT2D eigenvalue weighted by Crippen LogP contribution is -2.22. The monoisotopic (exact) mass is 452 g/mol. The van der Waals surface area contributed by atoms with Crippen LogP contribution in [0.25, 0.3) is 5.69 Å². The predicted molar refractivity (Wildman–Crippen MR) is 115 cm³/mol. The van der Waals surface area contributed by atoms with E-state index in [9.17, 15) is 5.26 Å². The topological polar surface area (TPSA) is 97.1 Å². The molecule has 148 valence electrons. The molecule has 0 fully saturated rings. The highest BCUT2D eigenvalue weighted by atomic mass is 79.9. The minimum Gasteiger partial charge on any atom is -0.422 e. The molecule has 1 atom stereocenters. The summed E-state index contributed by atoms with van der Waals surface area (Å²) in [5.41, 5.74) is 9.98. The highest BCUT2D eigenvalue weighted by molar-refractivity contribution is 9.10. The van der Waals surface area contributed by atoms with Crippen molar-refractivity contribution in [2.24, 2.45) is 5.73 Å². The number of ether oxygens (including phenoxy) is 1. The van der Waals surface area contributed by atoms with Crippen LogP contribution in [0.4, 0.5) is 0 Å². The smallest absolute Gasteiger partial charge is 0.229 e. The summed E-state index contributed by atoms with van der Waals surface area (Å²) in [4.78, 5) is 0. The molecule has 0 bridgehead atoms. The quantitative estimate of drug-likeness (QED) is 0.608. The summed E-state index contributed by atoms with van der Waals surface area (Å²) in [5, 5.41) is 21.9. The Labute approximate surface area is 178 Å². The van der Waals surface area contributed by atoms with Crippen molar-refractivity contribution >= 4 is 15.9 Å². The predicted octanol–water partition coefficient (Wildman–Crippen LogP) is 4.16. The van der Waals surface area contributed by atoms with Crippen LogP contribution in [-0.4, -0.2) is 21.5 Å². The molecule has 29 heavy (non-hydrogen) atoms.